The third-order valence-corrected chi connectivity index (χ3v) is 13.9. The van der Waals surface area contributed by atoms with Crippen LogP contribution < -0.4 is 20.3 Å². The fourth-order valence-electron chi connectivity index (χ4n) is 9.08. The normalized spacial score (nSPS) is 19.5. The third-order valence-electron chi connectivity index (χ3n) is 12.4. The first-order valence-electron chi connectivity index (χ1n) is 21.3. The van der Waals surface area contributed by atoms with Crippen LogP contribution in [0.2, 0.25) is 0 Å². The van der Waals surface area contributed by atoms with E-state index in [1.807, 2.05) is 6.07 Å². The summed E-state index contributed by atoms with van der Waals surface area (Å²) in [4.78, 5) is 63.2. The summed E-state index contributed by atoms with van der Waals surface area (Å²) < 4.78 is 87.1. The van der Waals surface area contributed by atoms with Crippen molar-refractivity contribution >= 4 is 51.0 Å². The van der Waals surface area contributed by atoms with Crippen LogP contribution in [-0.2, 0) is 32.3 Å². The first-order valence-corrected chi connectivity index (χ1v) is 22.8. The van der Waals surface area contributed by atoms with Crippen molar-refractivity contribution in [2.75, 3.05) is 49.5 Å². The van der Waals surface area contributed by atoms with Crippen molar-refractivity contribution in [1.29, 1.82) is 0 Å². The lowest BCUT2D eigenvalue weighted by Crippen LogP contribution is -2.54. The quantitative estimate of drug-likeness (QED) is 0.109. The van der Waals surface area contributed by atoms with E-state index >= 15 is 4.39 Å². The Hall–Kier alpha value is -5.84. The molecule has 0 aliphatic carbocycles. The lowest BCUT2D eigenvalue weighted by Gasteiger charge is -2.41. The summed E-state index contributed by atoms with van der Waals surface area (Å²) in [5, 5.41) is 18.9. The Labute approximate surface area is 371 Å². The second-order valence-electron chi connectivity index (χ2n) is 17.5. The molecule has 4 aliphatic heterocycles. The van der Waals surface area contributed by atoms with Gasteiger partial charge in [-0.15, -0.1) is 0 Å². The molecule has 17 nitrogen and oxygen atoms in total. The number of hydrogen-bond acceptors (Lipinski definition) is 13. The number of alkyl halides is 3. The number of likely N-dealkylation sites (tertiary alicyclic amines) is 1. The highest BCUT2D eigenvalue weighted by molar-refractivity contribution is 7.89. The molecule has 65 heavy (non-hydrogen) atoms. The van der Waals surface area contributed by atoms with Crippen LogP contribution in [0.4, 0.5) is 34.9 Å². The van der Waals surface area contributed by atoms with Gasteiger partial charge in [-0.3, -0.25) is 34.1 Å². The molecule has 3 fully saturated rings. The zero-order chi connectivity index (χ0) is 46.4. The minimum Gasteiger partial charge on any atom is -0.389 e. The largest absolute Gasteiger partial charge is 0.419 e. The smallest absolute Gasteiger partial charge is 0.389 e. The average Bonchev–Trinajstić information content (AvgIpc) is 3.81. The lowest BCUT2D eigenvalue weighted by atomic mass is 9.78. The summed E-state index contributed by atoms with van der Waals surface area (Å²) in [6, 6.07) is 7.26. The van der Waals surface area contributed by atoms with Crippen molar-refractivity contribution in [1.82, 2.24) is 39.6 Å². The van der Waals surface area contributed by atoms with Crippen molar-refractivity contribution in [2.45, 2.75) is 81.6 Å². The zero-order valence-corrected chi connectivity index (χ0v) is 36.4. The fourth-order valence-corrected chi connectivity index (χ4v) is 10.1. The molecule has 3 saturated heterocycles. The Morgan fingerprint density at radius 2 is 1.58 bits per heavy atom. The summed E-state index contributed by atoms with van der Waals surface area (Å²) in [7, 11) is -4.12. The molecule has 22 heteroatoms. The number of carbonyl (C=O) groups is 4. The van der Waals surface area contributed by atoms with Gasteiger partial charge in [0.25, 0.3) is 11.8 Å². The number of aliphatic hydroxyl groups is 1. The average molecular weight is 925 g/mol. The summed E-state index contributed by atoms with van der Waals surface area (Å²) >= 11 is 0. The molecule has 4 aliphatic rings. The number of imide groups is 2. The van der Waals surface area contributed by atoms with Gasteiger partial charge < -0.3 is 20.2 Å². The fraction of sp³-hybridized carbons (Fsp3) is 0.465. The van der Waals surface area contributed by atoms with Gasteiger partial charge in [-0.05, 0) is 107 Å². The van der Waals surface area contributed by atoms with E-state index in [4.69, 9.17) is 0 Å². The number of piperidine rings is 3. The van der Waals surface area contributed by atoms with Crippen LogP contribution in [0.25, 0.3) is 11.3 Å². The SMILES string of the molecule is CC(C)(O)Cn1cc(-c2nc(Nc3ccc(S(=O)(=O)NCCN4CCC(C5CCN(c6ccc7c(c6)C(=O)N(C6CCC(=O)NC6=O)C7=O)CC5)CC4)cc3F)ncc2C(F)(F)F)cn1. The van der Waals surface area contributed by atoms with E-state index < -0.39 is 68.5 Å². The Morgan fingerprint density at radius 3 is 2.25 bits per heavy atom. The van der Waals surface area contributed by atoms with Crippen molar-refractivity contribution in [2.24, 2.45) is 11.8 Å². The highest BCUT2D eigenvalue weighted by Crippen LogP contribution is 2.38. The molecule has 0 saturated carbocycles. The van der Waals surface area contributed by atoms with E-state index in [1.54, 1.807) is 12.1 Å². The molecule has 0 bridgehead atoms. The van der Waals surface area contributed by atoms with Crippen molar-refractivity contribution < 1.29 is 50.3 Å². The molecule has 2 aromatic carbocycles. The third kappa shape index (κ3) is 10.0. The maximum absolute atomic E-state index is 15.3. The van der Waals surface area contributed by atoms with Crippen LogP contribution in [0.5, 0.6) is 0 Å². The number of hydrogen-bond donors (Lipinski definition) is 4. The molecule has 0 radical (unpaired) electrons. The number of carbonyl (C=O) groups excluding carboxylic acids is 4. The van der Waals surface area contributed by atoms with Gasteiger partial charge in [-0.25, -0.2) is 27.5 Å². The van der Waals surface area contributed by atoms with Crippen molar-refractivity contribution in [3.05, 3.63) is 77.5 Å². The molecule has 4 amide bonds. The molecule has 4 aromatic rings. The first kappa shape index (κ1) is 45.7. The topological polar surface area (TPSA) is 212 Å². The minimum atomic E-state index is -4.83. The van der Waals surface area contributed by atoms with Crippen LogP contribution in [0.1, 0.15) is 78.7 Å². The molecular formula is C43H48F4N10O7S. The summed E-state index contributed by atoms with van der Waals surface area (Å²) in [6.45, 7) is 6.66. The van der Waals surface area contributed by atoms with E-state index in [9.17, 15) is 45.9 Å². The molecule has 6 heterocycles. The number of nitrogens with zero attached hydrogens (tertiary/aromatic N) is 7. The number of amides is 4. The second-order valence-corrected chi connectivity index (χ2v) is 19.3. The highest BCUT2D eigenvalue weighted by atomic mass is 32.2. The van der Waals surface area contributed by atoms with Gasteiger partial charge in [0.1, 0.15) is 17.4 Å². The number of anilines is 3. The number of rotatable bonds is 13. The van der Waals surface area contributed by atoms with Crippen LogP contribution in [-0.4, -0.2) is 118 Å². The Morgan fingerprint density at radius 1 is 0.892 bits per heavy atom. The van der Waals surface area contributed by atoms with Crippen molar-refractivity contribution in [3.63, 3.8) is 0 Å². The monoisotopic (exact) mass is 924 g/mol. The maximum atomic E-state index is 15.3. The van der Waals surface area contributed by atoms with Crippen LogP contribution in [0.15, 0.2) is 59.9 Å². The summed E-state index contributed by atoms with van der Waals surface area (Å²) in [5.74, 6) is -2.54. The van der Waals surface area contributed by atoms with Crippen molar-refractivity contribution in [3.8, 4) is 11.3 Å². The maximum Gasteiger partial charge on any atom is 0.419 e. The van der Waals surface area contributed by atoms with Gasteiger partial charge in [0, 0.05) is 56.2 Å². The Bertz CT molecular complexity index is 2620. The van der Waals surface area contributed by atoms with Gasteiger partial charge in [-0.2, -0.15) is 18.3 Å². The summed E-state index contributed by atoms with van der Waals surface area (Å²) in [5.41, 5.74) is -1.83. The predicted octanol–water partition coefficient (Wildman–Crippen LogP) is 4.32. The molecule has 0 spiro atoms. The number of halogens is 4. The predicted molar refractivity (Wildman–Crippen MR) is 227 cm³/mol. The zero-order valence-electron chi connectivity index (χ0n) is 35.6. The number of benzene rings is 2. The van der Waals surface area contributed by atoms with E-state index in [-0.39, 0.29) is 59.2 Å². The molecule has 4 N–H and O–H groups in total. The van der Waals surface area contributed by atoms with Crippen LogP contribution >= 0.6 is 0 Å². The molecular weight excluding hydrogens is 877 g/mol. The second kappa shape index (κ2) is 17.9. The highest BCUT2D eigenvalue weighted by Gasteiger charge is 2.45. The van der Waals surface area contributed by atoms with Crippen LogP contribution in [0.3, 0.4) is 0 Å². The number of sulfonamides is 1. The number of fused-ring (bicyclic) bond motifs is 1. The van der Waals surface area contributed by atoms with E-state index in [2.05, 4.69) is 40.2 Å². The standard InChI is InChI=1S/C43H48F4N10O7S/c1-42(2,62)24-56-23-27(21-49-56)37-32(43(45,46)47)22-48-41(53-37)51-34-6-4-29(20-33(34)44)65(63,64)50-13-18-54-14-9-25(10-15-54)26-11-16-55(17-12-26)28-3-5-30-31(19-28)40(61)57(39(30)60)35-7-8-36(58)52-38(35)59/h3-6,19-23,25-26,35,50,62H,7-18,24H2,1-2H3,(H,48,51,53)(H,52,58,59). The van der Waals surface area contributed by atoms with Gasteiger partial charge in [-0.1, -0.05) is 0 Å². The van der Waals surface area contributed by atoms with Crippen LogP contribution in [0, 0.1) is 17.7 Å². The first-order chi connectivity index (χ1) is 30.7. The molecule has 1 atom stereocenters. The molecule has 2 aromatic heterocycles. The van der Waals surface area contributed by atoms with Gasteiger partial charge in [0.05, 0.1) is 45.7 Å². The molecule has 346 valence electrons. The van der Waals surface area contributed by atoms with Gasteiger partial charge in [0.2, 0.25) is 27.8 Å². The van der Waals surface area contributed by atoms with E-state index in [0.717, 1.165) is 80.8 Å². The molecule has 8 rings (SSSR count). The Kier molecular flexibility index (Phi) is 12.6. The summed E-state index contributed by atoms with van der Waals surface area (Å²) in [6.07, 6.45) is 2.10. The lowest BCUT2D eigenvalue weighted by molar-refractivity contribution is -0.138. The number of aromatic nitrogens is 4. The Balaban J connectivity index is 0.800. The number of nitrogens with one attached hydrogen (secondary N) is 3. The molecule has 1 unspecified atom stereocenters. The van der Waals surface area contributed by atoms with E-state index in [0.29, 0.717) is 24.6 Å². The minimum absolute atomic E-state index is 0.00193. The van der Waals surface area contributed by atoms with E-state index in [1.165, 1.54) is 30.8 Å². The van der Waals surface area contributed by atoms with Gasteiger partial charge >= 0.3 is 6.18 Å². The van der Waals surface area contributed by atoms with Gasteiger partial charge in [0.15, 0.2) is 0 Å².